The highest BCUT2D eigenvalue weighted by atomic mass is 35.5. The van der Waals surface area contributed by atoms with Gasteiger partial charge in [0.05, 0.1) is 18.0 Å². The fourth-order valence-electron chi connectivity index (χ4n) is 0.892. The summed E-state index contributed by atoms with van der Waals surface area (Å²) in [5.74, 6) is 0.946. The van der Waals surface area contributed by atoms with Gasteiger partial charge in [-0.1, -0.05) is 23.2 Å². The first-order chi connectivity index (χ1) is 5.69. The first-order valence-electron chi connectivity index (χ1n) is 3.27. The maximum Gasteiger partial charge on any atom is 0.126 e. The third-order valence-corrected chi connectivity index (χ3v) is 2.30. The van der Waals surface area contributed by atoms with Crippen LogP contribution in [0.1, 0.15) is 5.56 Å². The first kappa shape index (κ1) is 9.97. The number of benzene rings is 1. The molecule has 4 heteroatoms. The van der Waals surface area contributed by atoms with E-state index < -0.39 is 0 Å². The minimum absolute atomic E-state index is 0.319. The summed E-state index contributed by atoms with van der Waals surface area (Å²) < 4.78 is 5.04. The van der Waals surface area contributed by atoms with Gasteiger partial charge in [-0.15, -0.1) is 11.6 Å². The Labute approximate surface area is 86.2 Å². The van der Waals surface area contributed by atoms with E-state index in [9.17, 15) is 0 Å². The average Bonchev–Trinajstić information content (AvgIpc) is 2.03. The zero-order valence-corrected chi connectivity index (χ0v) is 8.67. The van der Waals surface area contributed by atoms with Crippen molar-refractivity contribution in [3.05, 3.63) is 27.7 Å². The molecule has 1 aromatic rings. The predicted octanol–water partition coefficient (Wildman–Crippen LogP) is 3.74. The van der Waals surface area contributed by atoms with Crippen LogP contribution in [0.4, 0.5) is 0 Å². The van der Waals surface area contributed by atoms with Crippen molar-refractivity contribution < 1.29 is 4.74 Å². The summed E-state index contributed by atoms with van der Waals surface area (Å²) in [5.41, 5.74) is 0.769. The minimum atomic E-state index is 0.319. The van der Waals surface area contributed by atoms with Gasteiger partial charge in [-0.3, -0.25) is 0 Å². The molecule has 1 nitrogen and oxygen atoms in total. The molecule has 0 aromatic heterocycles. The van der Waals surface area contributed by atoms with Crippen LogP contribution in [0, 0.1) is 0 Å². The monoisotopic (exact) mass is 224 g/mol. The van der Waals surface area contributed by atoms with Crippen LogP contribution in [0.2, 0.25) is 10.0 Å². The van der Waals surface area contributed by atoms with Crippen molar-refractivity contribution in [3.63, 3.8) is 0 Å². The third-order valence-electron chi connectivity index (χ3n) is 1.47. The van der Waals surface area contributed by atoms with Gasteiger partial charge in [0.1, 0.15) is 5.75 Å². The van der Waals surface area contributed by atoms with Gasteiger partial charge in [0.2, 0.25) is 0 Å². The summed E-state index contributed by atoms with van der Waals surface area (Å²) in [6, 6.07) is 3.33. The van der Waals surface area contributed by atoms with E-state index in [1.807, 2.05) is 0 Å². The molecule has 0 saturated carbocycles. The van der Waals surface area contributed by atoms with E-state index in [1.54, 1.807) is 19.2 Å². The Morgan fingerprint density at radius 1 is 1.33 bits per heavy atom. The van der Waals surface area contributed by atoms with Crippen molar-refractivity contribution in [3.8, 4) is 5.75 Å². The molecule has 0 aliphatic rings. The van der Waals surface area contributed by atoms with E-state index in [2.05, 4.69) is 0 Å². The van der Waals surface area contributed by atoms with Gasteiger partial charge < -0.3 is 4.74 Å². The number of hydrogen-bond donors (Lipinski definition) is 0. The van der Waals surface area contributed by atoms with Crippen LogP contribution in [-0.2, 0) is 5.88 Å². The van der Waals surface area contributed by atoms with Crippen molar-refractivity contribution in [2.24, 2.45) is 0 Å². The minimum Gasteiger partial charge on any atom is -0.496 e. The molecule has 0 saturated heterocycles. The lowest BCUT2D eigenvalue weighted by molar-refractivity contribution is 0.411. The molecule has 0 radical (unpaired) electrons. The summed E-state index contributed by atoms with van der Waals surface area (Å²) in [6.45, 7) is 0. The smallest absolute Gasteiger partial charge is 0.126 e. The molecule has 0 bridgehead atoms. The van der Waals surface area contributed by atoms with Crippen molar-refractivity contribution >= 4 is 34.8 Å². The second-order valence-corrected chi connectivity index (χ2v) is 3.31. The number of hydrogen-bond acceptors (Lipinski definition) is 1. The summed E-state index contributed by atoms with van der Waals surface area (Å²) >= 11 is 17.3. The normalized spacial score (nSPS) is 10.0. The SMILES string of the molecule is COc1cc(Cl)cc(Cl)c1CCl. The number of alkyl halides is 1. The molecule has 66 valence electrons. The van der Waals surface area contributed by atoms with Crippen LogP contribution < -0.4 is 4.74 Å². The molecule has 0 N–H and O–H groups in total. The van der Waals surface area contributed by atoms with E-state index in [4.69, 9.17) is 39.5 Å². The Balaban J connectivity index is 3.24. The fourth-order valence-corrected chi connectivity index (χ4v) is 1.78. The van der Waals surface area contributed by atoms with Crippen LogP contribution in [0.25, 0.3) is 0 Å². The van der Waals surface area contributed by atoms with E-state index >= 15 is 0 Å². The highest BCUT2D eigenvalue weighted by Crippen LogP contribution is 2.31. The highest BCUT2D eigenvalue weighted by Gasteiger charge is 2.07. The lowest BCUT2D eigenvalue weighted by atomic mass is 10.2. The summed E-state index contributed by atoms with van der Waals surface area (Å²) in [5, 5.41) is 1.08. The molecule has 0 amide bonds. The molecule has 0 aliphatic heterocycles. The number of ether oxygens (including phenoxy) is 1. The summed E-state index contributed by atoms with van der Waals surface area (Å²) in [6.07, 6.45) is 0. The maximum absolute atomic E-state index is 5.86. The number of methoxy groups -OCH3 is 1. The Morgan fingerprint density at radius 2 is 2.00 bits per heavy atom. The molecule has 1 aromatic carbocycles. The van der Waals surface area contributed by atoms with Crippen LogP contribution in [0.5, 0.6) is 5.75 Å². The molecule has 0 spiro atoms. The quantitative estimate of drug-likeness (QED) is 0.697. The Morgan fingerprint density at radius 3 is 2.50 bits per heavy atom. The second-order valence-electron chi connectivity index (χ2n) is 2.20. The summed E-state index contributed by atoms with van der Waals surface area (Å²) in [7, 11) is 1.55. The van der Waals surface area contributed by atoms with Gasteiger partial charge in [0.25, 0.3) is 0 Å². The fraction of sp³-hybridized carbons (Fsp3) is 0.250. The van der Waals surface area contributed by atoms with Gasteiger partial charge >= 0.3 is 0 Å². The van der Waals surface area contributed by atoms with Crippen molar-refractivity contribution in [2.45, 2.75) is 5.88 Å². The van der Waals surface area contributed by atoms with E-state index in [0.717, 1.165) is 5.56 Å². The lowest BCUT2D eigenvalue weighted by Gasteiger charge is -2.07. The first-order valence-corrected chi connectivity index (χ1v) is 4.56. The van der Waals surface area contributed by atoms with Crippen LogP contribution in [-0.4, -0.2) is 7.11 Å². The van der Waals surface area contributed by atoms with Crippen LogP contribution in [0.3, 0.4) is 0 Å². The predicted molar refractivity (Wildman–Crippen MR) is 52.6 cm³/mol. The molecule has 0 aliphatic carbocycles. The molecule has 0 heterocycles. The molecular weight excluding hydrogens is 218 g/mol. The van der Waals surface area contributed by atoms with Gasteiger partial charge in [0, 0.05) is 10.6 Å². The maximum atomic E-state index is 5.86. The Hall–Kier alpha value is -0.110. The average molecular weight is 226 g/mol. The van der Waals surface area contributed by atoms with Gasteiger partial charge in [0.15, 0.2) is 0 Å². The zero-order valence-electron chi connectivity index (χ0n) is 6.40. The molecular formula is C8H7Cl3O. The third kappa shape index (κ3) is 1.98. The van der Waals surface area contributed by atoms with Crippen molar-refractivity contribution in [1.82, 2.24) is 0 Å². The molecule has 0 atom stereocenters. The zero-order chi connectivity index (χ0) is 9.14. The van der Waals surface area contributed by atoms with Crippen molar-refractivity contribution in [1.29, 1.82) is 0 Å². The number of halogens is 3. The molecule has 1 rings (SSSR count). The molecule has 12 heavy (non-hydrogen) atoms. The van der Waals surface area contributed by atoms with Crippen LogP contribution >= 0.6 is 34.8 Å². The molecule has 0 unspecified atom stereocenters. The van der Waals surface area contributed by atoms with E-state index in [0.29, 0.717) is 21.7 Å². The Kier molecular flexibility index (Phi) is 3.51. The lowest BCUT2D eigenvalue weighted by Crippen LogP contribution is -1.90. The largest absolute Gasteiger partial charge is 0.496 e. The van der Waals surface area contributed by atoms with Gasteiger partial charge in [-0.05, 0) is 12.1 Å². The van der Waals surface area contributed by atoms with E-state index in [-0.39, 0.29) is 0 Å². The molecule has 0 fully saturated rings. The summed E-state index contributed by atoms with van der Waals surface area (Å²) in [4.78, 5) is 0. The Bertz CT molecular complexity index is 286. The van der Waals surface area contributed by atoms with Crippen molar-refractivity contribution in [2.75, 3.05) is 7.11 Å². The van der Waals surface area contributed by atoms with Gasteiger partial charge in [-0.25, -0.2) is 0 Å². The second kappa shape index (κ2) is 4.22. The van der Waals surface area contributed by atoms with E-state index in [1.165, 1.54) is 0 Å². The number of rotatable bonds is 2. The van der Waals surface area contributed by atoms with Gasteiger partial charge in [-0.2, -0.15) is 0 Å². The van der Waals surface area contributed by atoms with Crippen LogP contribution in [0.15, 0.2) is 12.1 Å². The highest BCUT2D eigenvalue weighted by molar-refractivity contribution is 6.36. The standard InChI is InChI=1S/C8H7Cl3O/c1-12-8-3-5(10)2-7(11)6(8)4-9/h2-3H,4H2,1H3. The topological polar surface area (TPSA) is 9.23 Å².